The summed E-state index contributed by atoms with van der Waals surface area (Å²) in [7, 11) is 0. The highest BCUT2D eigenvalue weighted by molar-refractivity contribution is 6.30. The molecule has 3 aromatic carbocycles. The average molecular weight is 612 g/mol. The van der Waals surface area contributed by atoms with Crippen LogP contribution >= 0.6 is 11.6 Å². The molecule has 0 radical (unpaired) electrons. The van der Waals surface area contributed by atoms with Crippen molar-refractivity contribution in [2.45, 2.75) is 57.1 Å². The van der Waals surface area contributed by atoms with Gasteiger partial charge in [-0.3, -0.25) is 9.69 Å². The summed E-state index contributed by atoms with van der Waals surface area (Å²) in [5.74, 6) is -1.52. The van der Waals surface area contributed by atoms with Gasteiger partial charge in [0, 0.05) is 17.5 Å². The van der Waals surface area contributed by atoms with Gasteiger partial charge in [0.15, 0.2) is 6.17 Å². The Balaban J connectivity index is 1.29. The summed E-state index contributed by atoms with van der Waals surface area (Å²) >= 11 is 5.96. The van der Waals surface area contributed by atoms with Crippen LogP contribution in [0, 0.1) is 0 Å². The molecule has 11 heteroatoms. The van der Waals surface area contributed by atoms with E-state index < -0.39 is 55.0 Å². The molecule has 1 aliphatic heterocycles. The predicted molar refractivity (Wildman–Crippen MR) is 157 cm³/mol. The number of carbonyl (C=O) groups excluding carboxylic acids is 3. The molecule has 226 valence electrons. The van der Waals surface area contributed by atoms with E-state index >= 15 is 8.87 Å². The van der Waals surface area contributed by atoms with Crippen molar-refractivity contribution in [3.63, 3.8) is 0 Å². The zero-order valence-corrected chi connectivity index (χ0v) is 24.7. The van der Waals surface area contributed by atoms with Crippen LogP contribution in [0.5, 0.6) is 0 Å². The molecule has 0 spiro atoms. The Kier molecular flexibility index (Phi) is 8.59. The molecule has 3 aromatic rings. The van der Waals surface area contributed by atoms with Crippen molar-refractivity contribution in [3.05, 3.63) is 94.5 Å². The van der Waals surface area contributed by atoms with E-state index in [1.807, 2.05) is 48.5 Å². The Morgan fingerprint density at radius 1 is 1.00 bits per heavy atom. The van der Waals surface area contributed by atoms with Gasteiger partial charge in [-0.05, 0) is 60.7 Å². The molecule has 0 bridgehead atoms. The number of ether oxygens (including phenoxy) is 2. The second-order valence-electron chi connectivity index (χ2n) is 11.6. The van der Waals surface area contributed by atoms with Gasteiger partial charge in [0.25, 0.3) is 5.91 Å². The number of hydrogen-bond acceptors (Lipinski definition) is 5. The Bertz CT molecular complexity index is 1490. The molecule has 2 aliphatic rings. The van der Waals surface area contributed by atoms with Crippen molar-refractivity contribution in [2.24, 2.45) is 0 Å². The summed E-state index contributed by atoms with van der Waals surface area (Å²) in [6.07, 6.45) is -4.08. The minimum atomic E-state index is -2.14. The molecule has 8 nitrogen and oxygen atoms in total. The maximum Gasteiger partial charge on any atom is 0.411 e. The fourth-order valence-electron chi connectivity index (χ4n) is 5.53. The largest absolute Gasteiger partial charge is 0.449 e. The number of amides is 3. The van der Waals surface area contributed by atoms with E-state index in [1.54, 1.807) is 39.0 Å². The first-order chi connectivity index (χ1) is 20.4. The highest BCUT2D eigenvalue weighted by atomic mass is 35.5. The minimum absolute atomic E-state index is 0.0143. The summed E-state index contributed by atoms with van der Waals surface area (Å²) in [5.41, 5.74) is 3.51. The zero-order valence-electron chi connectivity index (χ0n) is 23.9. The van der Waals surface area contributed by atoms with Gasteiger partial charge in [-0.25, -0.2) is 14.0 Å². The van der Waals surface area contributed by atoms with E-state index in [0.29, 0.717) is 10.6 Å². The van der Waals surface area contributed by atoms with Gasteiger partial charge in [-0.2, -0.15) is 5.12 Å². The molecule has 1 saturated heterocycles. The van der Waals surface area contributed by atoms with Gasteiger partial charge in [0.05, 0.1) is 12.6 Å². The second kappa shape index (κ2) is 12.2. The number of rotatable bonds is 6. The van der Waals surface area contributed by atoms with Crippen LogP contribution in [0.2, 0.25) is 5.02 Å². The van der Waals surface area contributed by atoms with Crippen LogP contribution in [0.1, 0.15) is 43.4 Å². The summed E-state index contributed by atoms with van der Waals surface area (Å²) in [6.45, 7) is 3.86. The van der Waals surface area contributed by atoms with E-state index in [9.17, 15) is 14.4 Å². The molecule has 3 amide bonds. The molecule has 1 heterocycles. The topological polar surface area (TPSA) is 88.2 Å². The Morgan fingerprint density at radius 2 is 1.63 bits per heavy atom. The number of fused-ring (bicyclic) bond motifs is 3. The highest BCUT2D eigenvalue weighted by Crippen LogP contribution is 2.44. The quantitative estimate of drug-likeness (QED) is 0.325. The van der Waals surface area contributed by atoms with Gasteiger partial charge in [0.2, 0.25) is 0 Å². The number of likely N-dealkylation sites (tertiary alicyclic amines) is 1. The first-order valence-corrected chi connectivity index (χ1v) is 14.3. The molecular weight excluding hydrogens is 580 g/mol. The van der Waals surface area contributed by atoms with Crippen LogP contribution in [0.3, 0.4) is 0 Å². The van der Waals surface area contributed by atoms with Gasteiger partial charge in [-0.15, -0.1) is 0 Å². The molecule has 5 rings (SSSR count). The van der Waals surface area contributed by atoms with Gasteiger partial charge in [0.1, 0.15) is 18.2 Å². The smallest absolute Gasteiger partial charge is 0.411 e. The highest BCUT2D eigenvalue weighted by Gasteiger charge is 2.52. The van der Waals surface area contributed by atoms with Gasteiger partial charge in [-0.1, -0.05) is 76.7 Å². The minimum Gasteiger partial charge on any atom is -0.449 e. The third-order valence-electron chi connectivity index (χ3n) is 7.39. The van der Waals surface area contributed by atoms with Gasteiger partial charge < -0.3 is 14.8 Å². The number of halogens is 3. The number of hydrogen-bond donors (Lipinski definition) is 1. The third kappa shape index (κ3) is 6.59. The summed E-state index contributed by atoms with van der Waals surface area (Å²) in [5, 5.41) is 2.60. The lowest BCUT2D eigenvalue weighted by Crippen LogP contribution is -2.50. The summed E-state index contributed by atoms with van der Waals surface area (Å²) in [4.78, 5) is 39.9. The van der Waals surface area contributed by atoms with Crippen LogP contribution in [0.25, 0.3) is 11.1 Å². The lowest BCUT2D eigenvalue weighted by Gasteiger charge is -2.29. The van der Waals surface area contributed by atoms with Crippen molar-refractivity contribution in [1.29, 1.82) is 0 Å². The lowest BCUT2D eigenvalue weighted by atomic mass is 9.98. The van der Waals surface area contributed by atoms with Crippen molar-refractivity contribution >= 4 is 29.7 Å². The molecule has 1 N–H and O–H groups in total. The van der Waals surface area contributed by atoms with E-state index in [0.717, 1.165) is 27.2 Å². The van der Waals surface area contributed by atoms with Crippen molar-refractivity contribution < 1.29 is 32.7 Å². The van der Waals surface area contributed by atoms with Crippen molar-refractivity contribution in [1.82, 2.24) is 15.3 Å². The molecule has 0 unspecified atom stereocenters. The number of nitrogens with zero attached hydrogens (tertiary/aromatic N) is 2. The van der Waals surface area contributed by atoms with Crippen LogP contribution in [0.4, 0.5) is 18.5 Å². The fourth-order valence-corrected chi connectivity index (χ4v) is 5.74. The number of benzene rings is 3. The first-order valence-electron chi connectivity index (χ1n) is 13.9. The Morgan fingerprint density at radius 3 is 2.23 bits per heavy atom. The number of alkyl halides is 1. The number of nitrogens with one attached hydrogen (secondary N) is 1. The van der Waals surface area contributed by atoms with Crippen LogP contribution < -0.4 is 5.32 Å². The molecule has 3 atom stereocenters. The Hall–Kier alpha value is -4.18. The van der Waals surface area contributed by atoms with Crippen LogP contribution in [0.15, 0.2) is 72.8 Å². The molecular formula is C32H32ClF2N3O5. The summed E-state index contributed by atoms with van der Waals surface area (Å²) < 4.78 is 41.9. The maximum atomic E-state index is 15.9. The normalized spacial score (nSPS) is 19.4. The number of alkyl carbamates (subject to hydrolysis) is 1. The van der Waals surface area contributed by atoms with E-state index in [4.69, 9.17) is 21.1 Å². The second-order valence-corrected chi connectivity index (χ2v) is 12.0. The average Bonchev–Trinajstić information content (AvgIpc) is 3.45. The predicted octanol–water partition coefficient (Wildman–Crippen LogP) is 6.42. The SMILES string of the molecule is CC(C)(C)OC(=O)N1C[C@H](NC(=O)OCC2c3ccccc3-c3ccccc32)[C@H](F)[C@@H]1C(=O)N(F)Cc1cccc(Cl)c1. The third-order valence-corrected chi connectivity index (χ3v) is 7.63. The molecule has 1 fully saturated rings. The van der Waals surface area contributed by atoms with E-state index in [1.165, 1.54) is 6.07 Å². The van der Waals surface area contributed by atoms with E-state index in [2.05, 4.69) is 5.32 Å². The van der Waals surface area contributed by atoms with E-state index in [-0.39, 0.29) is 17.6 Å². The number of carbonyl (C=O) groups is 3. The standard InChI is InChI=1S/C32H32ClF2N3O5/c1-32(2,3)43-31(41)37-17-26(27(34)28(37)29(39)38(35)16-19-9-8-10-20(33)15-19)36-30(40)42-18-25-23-13-6-4-11-21(23)22-12-5-7-14-24(22)25/h4-15,25-28H,16-18H2,1-3H3,(H,36,40)/t26-,27-,28+/m0/s1. The fraction of sp³-hybridized carbons (Fsp3) is 0.344. The molecule has 43 heavy (non-hydrogen) atoms. The zero-order chi connectivity index (χ0) is 30.9. The van der Waals surface area contributed by atoms with Gasteiger partial charge >= 0.3 is 12.2 Å². The Labute approximate surface area is 253 Å². The first kappa shape index (κ1) is 30.3. The monoisotopic (exact) mass is 611 g/mol. The molecule has 0 saturated carbocycles. The summed E-state index contributed by atoms with van der Waals surface area (Å²) in [6, 6.07) is 18.6. The van der Waals surface area contributed by atoms with Crippen LogP contribution in [-0.2, 0) is 20.8 Å². The van der Waals surface area contributed by atoms with Crippen molar-refractivity contribution in [3.8, 4) is 11.1 Å². The molecule has 1 aliphatic carbocycles. The maximum absolute atomic E-state index is 15.9. The van der Waals surface area contributed by atoms with Crippen LogP contribution in [-0.4, -0.2) is 65.1 Å². The van der Waals surface area contributed by atoms with Crippen molar-refractivity contribution in [2.75, 3.05) is 13.2 Å². The molecule has 0 aromatic heterocycles. The lowest BCUT2D eigenvalue weighted by molar-refractivity contribution is -0.154.